The fraction of sp³-hybridized carbons (Fsp3) is 0. The maximum absolute atomic E-state index is 9.37. The molecule has 0 aliphatic rings. The van der Waals surface area contributed by atoms with E-state index in [-0.39, 0.29) is 5.48 Å². The van der Waals surface area contributed by atoms with Crippen LogP contribution in [0.4, 0.5) is 0 Å². The first kappa shape index (κ1) is 19.5. The van der Waals surface area contributed by atoms with Crippen LogP contribution in [0.15, 0.2) is 0 Å². The molecule has 0 fully saturated rings. The Bertz CT molecular complexity index is 337. The molecule has 0 unspecified atom stereocenters. The smallest absolute Gasteiger partial charge is 0.412 e. The number of hydrogen-bond donors (Lipinski definition) is 5. The highest BCUT2D eigenvalue weighted by Crippen LogP contribution is 2.25. The number of rotatable bonds is 1. The lowest BCUT2D eigenvalue weighted by molar-refractivity contribution is 0.275. The fourth-order valence-corrected chi connectivity index (χ4v) is 0. The predicted molar refractivity (Wildman–Crippen MR) is 41.0 cm³/mol. The Morgan fingerprint density at radius 3 is 0.857 bits per heavy atom. The second kappa shape index (κ2) is 5.69. The van der Waals surface area contributed by atoms with E-state index in [9.17, 15) is 16.8 Å². The second-order valence-corrected chi connectivity index (χ2v) is 6.63. The van der Waals surface area contributed by atoms with Crippen LogP contribution in [0, 0.1) is 0 Å². The van der Waals surface area contributed by atoms with Gasteiger partial charge in [-0.05, 0) is 0 Å². The molecule has 0 atom stereocenters. The molecule has 7 N–H and O–H groups in total. The molecule has 0 amide bonds. The first-order chi connectivity index (χ1) is 5.25. The highest BCUT2D eigenvalue weighted by atomic mass is 33.2. The molecule has 0 aromatic carbocycles. The van der Waals surface area contributed by atoms with Crippen molar-refractivity contribution in [3.05, 3.63) is 0 Å². The first-order valence-corrected chi connectivity index (χ1v) is 6.94. The van der Waals surface area contributed by atoms with Gasteiger partial charge >= 0.3 is 26.1 Å². The molecule has 0 aromatic rings. The SMILES string of the molecule is O.O=P(O)(O)O.O=S(=O)(O)S(=O)(=O)O. The molecule has 0 rings (SSSR count). The summed E-state index contributed by atoms with van der Waals surface area (Å²) in [5, 5.41) is 0. The third kappa shape index (κ3) is 17.8. The van der Waals surface area contributed by atoms with Gasteiger partial charge in [0.05, 0.1) is 0 Å². The molecular formula is H7O11PS2. The molecule has 14 heavy (non-hydrogen) atoms. The maximum Gasteiger partial charge on any atom is 0.466 e. The van der Waals surface area contributed by atoms with Gasteiger partial charge in [0.15, 0.2) is 0 Å². The van der Waals surface area contributed by atoms with Crippen LogP contribution in [0.5, 0.6) is 0 Å². The zero-order valence-corrected chi connectivity index (χ0v) is 8.57. The lowest BCUT2D eigenvalue weighted by Crippen LogP contribution is -2.11. The lowest BCUT2D eigenvalue weighted by atomic mass is 15.8. The van der Waals surface area contributed by atoms with E-state index in [2.05, 4.69) is 0 Å². The largest absolute Gasteiger partial charge is 0.466 e. The van der Waals surface area contributed by atoms with Crippen molar-refractivity contribution in [3.8, 4) is 0 Å². The molecule has 0 aromatic heterocycles. The van der Waals surface area contributed by atoms with E-state index in [1.165, 1.54) is 0 Å². The van der Waals surface area contributed by atoms with E-state index in [1.54, 1.807) is 0 Å². The van der Waals surface area contributed by atoms with Crippen LogP contribution in [-0.4, -0.2) is 46.1 Å². The van der Waals surface area contributed by atoms with Gasteiger partial charge in [0.2, 0.25) is 0 Å². The predicted octanol–water partition coefficient (Wildman–Crippen LogP) is -3.08. The van der Waals surface area contributed by atoms with Crippen LogP contribution >= 0.6 is 7.82 Å². The summed E-state index contributed by atoms with van der Waals surface area (Å²) in [7, 11) is -15.3. The minimum atomic E-state index is -5.31. The van der Waals surface area contributed by atoms with Crippen molar-refractivity contribution in [3.63, 3.8) is 0 Å². The lowest BCUT2D eigenvalue weighted by Gasteiger charge is -1.84. The minimum absolute atomic E-state index is 0. The van der Waals surface area contributed by atoms with Crippen LogP contribution in [0.1, 0.15) is 0 Å². The molecule has 0 aliphatic heterocycles. The van der Waals surface area contributed by atoms with Crippen molar-refractivity contribution >= 4 is 26.1 Å². The summed E-state index contributed by atoms with van der Waals surface area (Å²) in [6.07, 6.45) is 0. The van der Waals surface area contributed by atoms with Crippen LogP contribution in [-0.2, 0) is 22.9 Å². The molecule has 0 radical (unpaired) electrons. The van der Waals surface area contributed by atoms with E-state index in [1.807, 2.05) is 0 Å². The summed E-state index contributed by atoms with van der Waals surface area (Å²) >= 11 is 0. The summed E-state index contributed by atoms with van der Waals surface area (Å²) < 4.78 is 61.3. The molecule has 0 heterocycles. The number of hydrogen-bond acceptors (Lipinski definition) is 5. The Morgan fingerprint density at radius 2 is 0.857 bits per heavy atom. The van der Waals surface area contributed by atoms with Gasteiger partial charge in [-0.25, -0.2) is 4.57 Å². The van der Waals surface area contributed by atoms with Crippen molar-refractivity contribution in [2.75, 3.05) is 0 Å². The molecule has 11 nitrogen and oxygen atoms in total. The molecule has 0 saturated carbocycles. The minimum Gasteiger partial charge on any atom is -0.412 e. The van der Waals surface area contributed by atoms with Crippen molar-refractivity contribution in [2.45, 2.75) is 0 Å². The van der Waals surface area contributed by atoms with E-state index >= 15 is 0 Å². The van der Waals surface area contributed by atoms with Gasteiger partial charge in [0, 0.05) is 0 Å². The Morgan fingerprint density at radius 1 is 0.786 bits per heavy atom. The Balaban J connectivity index is -0.000000177. The van der Waals surface area contributed by atoms with E-state index in [4.69, 9.17) is 28.4 Å². The van der Waals surface area contributed by atoms with Crippen molar-refractivity contribution in [1.29, 1.82) is 0 Å². The van der Waals surface area contributed by atoms with Gasteiger partial charge in [-0.1, -0.05) is 0 Å². The van der Waals surface area contributed by atoms with E-state index in [0.29, 0.717) is 0 Å². The average Bonchev–Trinajstić information content (AvgIpc) is 1.50. The van der Waals surface area contributed by atoms with Crippen molar-refractivity contribution in [2.24, 2.45) is 0 Å². The van der Waals surface area contributed by atoms with E-state index in [0.717, 1.165) is 0 Å². The van der Waals surface area contributed by atoms with Crippen molar-refractivity contribution < 1.29 is 50.7 Å². The maximum atomic E-state index is 9.37. The highest BCUT2D eigenvalue weighted by molar-refractivity contribution is 8.62. The Labute approximate surface area is 77.5 Å². The standard InChI is InChI=1S/H2O6S2.H3O4P.H2O/c1-7(2,3)8(4,5)6;1-5(2,3)4;/h(H,1,2,3)(H,4,5,6);(H3,1,2,3,4);1H2. The average molecular weight is 278 g/mol. The quantitative estimate of drug-likeness (QED) is 0.185. The normalized spacial score (nSPS) is 12.1. The van der Waals surface area contributed by atoms with Crippen molar-refractivity contribution in [1.82, 2.24) is 0 Å². The van der Waals surface area contributed by atoms with Crippen LogP contribution in [0.25, 0.3) is 0 Å². The molecule has 14 heteroatoms. The first-order valence-electron chi connectivity index (χ1n) is 1.98. The van der Waals surface area contributed by atoms with Gasteiger partial charge in [-0.3, -0.25) is 9.11 Å². The van der Waals surface area contributed by atoms with Crippen LogP contribution < -0.4 is 0 Å². The Hall–Kier alpha value is -0.110. The highest BCUT2D eigenvalue weighted by Gasteiger charge is 2.22. The van der Waals surface area contributed by atoms with Gasteiger partial charge in [0.1, 0.15) is 0 Å². The van der Waals surface area contributed by atoms with Crippen LogP contribution in [0.3, 0.4) is 0 Å². The zero-order valence-electron chi connectivity index (χ0n) is 6.04. The molecule has 0 aliphatic carbocycles. The molecule has 0 spiro atoms. The fourth-order valence-electron chi connectivity index (χ4n) is 0. The monoisotopic (exact) mass is 278 g/mol. The van der Waals surface area contributed by atoms with Gasteiger partial charge in [-0.2, -0.15) is 16.8 Å². The third-order valence-corrected chi connectivity index (χ3v) is 2.40. The third-order valence-electron chi connectivity index (χ3n) is 0.266. The van der Waals surface area contributed by atoms with E-state index < -0.39 is 26.1 Å². The van der Waals surface area contributed by atoms with Gasteiger partial charge in [0.25, 0.3) is 0 Å². The summed E-state index contributed by atoms with van der Waals surface area (Å²) in [6.45, 7) is 0. The van der Waals surface area contributed by atoms with Gasteiger partial charge < -0.3 is 20.2 Å². The van der Waals surface area contributed by atoms with Gasteiger partial charge in [-0.15, -0.1) is 0 Å². The Kier molecular flexibility index (Phi) is 7.91. The second-order valence-electron chi connectivity index (χ2n) is 1.37. The topological polar surface area (TPSA) is 218 Å². The summed E-state index contributed by atoms with van der Waals surface area (Å²) in [5.41, 5.74) is 0. The summed E-state index contributed by atoms with van der Waals surface area (Å²) in [6, 6.07) is 0. The number of phosphoric acid groups is 1. The van der Waals surface area contributed by atoms with Crippen LogP contribution in [0.2, 0.25) is 0 Å². The molecule has 0 saturated heterocycles. The molecular weight excluding hydrogens is 271 g/mol. The summed E-state index contributed by atoms with van der Waals surface area (Å²) in [5.74, 6) is 0. The molecule has 0 bridgehead atoms. The molecule has 90 valence electrons. The zero-order chi connectivity index (χ0) is 11.5. The summed E-state index contributed by atoms with van der Waals surface area (Å²) in [4.78, 5) is 21.6.